The fourth-order valence-electron chi connectivity index (χ4n) is 2.37. The maximum Gasteiger partial charge on any atom is 0.347 e. The maximum absolute atomic E-state index is 12.1. The standard InChI is InChI=1S/C17H22ClNO5/c1-11-8-14(18)4-5-15(11)24-13(3)17(21)23-10-16(20)19-6-7-22-12(2)9-19/h4-5,8,12-13H,6-7,9-10H2,1-3H3. The number of morpholine rings is 1. The van der Waals surface area contributed by atoms with Gasteiger partial charge in [0.2, 0.25) is 0 Å². The van der Waals surface area contributed by atoms with Gasteiger partial charge in [0.05, 0.1) is 12.7 Å². The van der Waals surface area contributed by atoms with E-state index in [1.165, 1.54) is 0 Å². The molecule has 1 amide bonds. The van der Waals surface area contributed by atoms with Gasteiger partial charge >= 0.3 is 5.97 Å². The quantitative estimate of drug-likeness (QED) is 0.758. The Morgan fingerprint density at radius 2 is 2.21 bits per heavy atom. The summed E-state index contributed by atoms with van der Waals surface area (Å²) in [6.45, 7) is 6.54. The van der Waals surface area contributed by atoms with Crippen LogP contribution in [0, 0.1) is 6.92 Å². The molecule has 2 atom stereocenters. The minimum Gasteiger partial charge on any atom is -0.479 e. The summed E-state index contributed by atoms with van der Waals surface area (Å²) in [4.78, 5) is 25.7. The number of hydrogen-bond acceptors (Lipinski definition) is 5. The number of carbonyl (C=O) groups is 2. The molecule has 1 aliphatic heterocycles. The second-order valence-corrected chi connectivity index (χ2v) is 6.24. The molecule has 1 saturated heterocycles. The topological polar surface area (TPSA) is 65.1 Å². The minimum absolute atomic E-state index is 0.00598. The van der Waals surface area contributed by atoms with Gasteiger partial charge in [-0.25, -0.2) is 4.79 Å². The number of esters is 1. The Bertz CT molecular complexity index is 607. The van der Waals surface area contributed by atoms with Crippen LogP contribution in [0.4, 0.5) is 0 Å². The summed E-state index contributed by atoms with van der Waals surface area (Å²) >= 11 is 5.89. The van der Waals surface area contributed by atoms with Gasteiger partial charge in [0.15, 0.2) is 12.7 Å². The molecule has 132 valence electrons. The molecule has 24 heavy (non-hydrogen) atoms. The van der Waals surface area contributed by atoms with Gasteiger partial charge in [-0.2, -0.15) is 0 Å². The zero-order valence-corrected chi connectivity index (χ0v) is 14.8. The molecule has 1 fully saturated rings. The maximum atomic E-state index is 12.1. The molecule has 2 rings (SSSR count). The zero-order valence-electron chi connectivity index (χ0n) is 14.1. The van der Waals surface area contributed by atoms with E-state index in [9.17, 15) is 9.59 Å². The molecule has 7 heteroatoms. The van der Waals surface area contributed by atoms with E-state index < -0.39 is 12.1 Å². The Labute approximate surface area is 146 Å². The van der Waals surface area contributed by atoms with Gasteiger partial charge in [-0.1, -0.05) is 11.6 Å². The van der Waals surface area contributed by atoms with Crippen LogP contribution in [0.3, 0.4) is 0 Å². The van der Waals surface area contributed by atoms with Crippen LogP contribution < -0.4 is 4.74 Å². The van der Waals surface area contributed by atoms with Crippen molar-refractivity contribution in [2.45, 2.75) is 33.0 Å². The van der Waals surface area contributed by atoms with Crippen LogP contribution in [0.1, 0.15) is 19.4 Å². The monoisotopic (exact) mass is 355 g/mol. The number of amides is 1. The van der Waals surface area contributed by atoms with Crippen molar-refractivity contribution in [3.8, 4) is 5.75 Å². The summed E-state index contributed by atoms with van der Waals surface area (Å²) in [5.41, 5.74) is 0.820. The van der Waals surface area contributed by atoms with Gasteiger partial charge in [0.1, 0.15) is 5.75 Å². The van der Waals surface area contributed by atoms with Crippen LogP contribution in [-0.2, 0) is 19.1 Å². The first kappa shape index (κ1) is 18.5. The first-order valence-corrected chi connectivity index (χ1v) is 8.23. The Hall–Kier alpha value is -1.79. The fourth-order valence-corrected chi connectivity index (χ4v) is 2.60. The molecule has 0 aromatic heterocycles. The first-order chi connectivity index (χ1) is 11.4. The number of nitrogens with zero attached hydrogens (tertiary/aromatic N) is 1. The molecule has 1 aliphatic rings. The molecule has 6 nitrogen and oxygen atoms in total. The van der Waals surface area contributed by atoms with Gasteiger partial charge in [0, 0.05) is 18.1 Å². The third-order valence-electron chi connectivity index (χ3n) is 3.70. The van der Waals surface area contributed by atoms with Gasteiger partial charge in [-0.3, -0.25) is 4.79 Å². The van der Waals surface area contributed by atoms with Crippen LogP contribution in [0.25, 0.3) is 0 Å². The van der Waals surface area contributed by atoms with Crippen molar-refractivity contribution in [2.24, 2.45) is 0 Å². The summed E-state index contributed by atoms with van der Waals surface area (Å²) in [6.07, 6.45) is -0.824. The van der Waals surface area contributed by atoms with Gasteiger partial charge in [-0.05, 0) is 44.5 Å². The normalized spacial score (nSPS) is 18.8. The summed E-state index contributed by atoms with van der Waals surface area (Å²) < 4.78 is 16.0. The highest BCUT2D eigenvalue weighted by Crippen LogP contribution is 2.23. The van der Waals surface area contributed by atoms with E-state index in [0.717, 1.165) is 5.56 Å². The third kappa shape index (κ3) is 5.11. The average molecular weight is 356 g/mol. The number of ether oxygens (including phenoxy) is 3. The summed E-state index contributed by atoms with van der Waals surface area (Å²) in [5, 5.41) is 0.598. The van der Waals surface area contributed by atoms with Crippen molar-refractivity contribution in [1.29, 1.82) is 0 Å². The van der Waals surface area contributed by atoms with Crippen molar-refractivity contribution in [3.63, 3.8) is 0 Å². The summed E-state index contributed by atoms with van der Waals surface area (Å²) in [6, 6.07) is 5.13. The van der Waals surface area contributed by atoms with Crippen molar-refractivity contribution >= 4 is 23.5 Å². The number of hydrogen-bond donors (Lipinski definition) is 0. The van der Waals surface area contributed by atoms with E-state index in [2.05, 4.69) is 0 Å². The van der Waals surface area contributed by atoms with Crippen LogP contribution in [0.15, 0.2) is 18.2 Å². The highest BCUT2D eigenvalue weighted by molar-refractivity contribution is 6.30. The van der Waals surface area contributed by atoms with Crippen LogP contribution in [0.2, 0.25) is 5.02 Å². The molecule has 1 aromatic rings. The lowest BCUT2D eigenvalue weighted by Crippen LogP contribution is -2.46. The molecular weight excluding hydrogens is 334 g/mol. The number of rotatable bonds is 5. The van der Waals surface area contributed by atoms with E-state index in [-0.39, 0.29) is 18.6 Å². The highest BCUT2D eigenvalue weighted by Gasteiger charge is 2.24. The molecule has 0 N–H and O–H groups in total. The number of benzene rings is 1. The van der Waals surface area contributed by atoms with E-state index in [4.69, 9.17) is 25.8 Å². The molecule has 0 aliphatic carbocycles. The second-order valence-electron chi connectivity index (χ2n) is 5.80. The van der Waals surface area contributed by atoms with E-state index >= 15 is 0 Å². The molecule has 0 saturated carbocycles. The lowest BCUT2D eigenvalue weighted by atomic mass is 10.2. The predicted octanol–water partition coefficient (Wildman–Crippen LogP) is 2.21. The molecule has 0 radical (unpaired) electrons. The van der Waals surface area contributed by atoms with Gasteiger partial charge in [0.25, 0.3) is 5.91 Å². The first-order valence-electron chi connectivity index (χ1n) is 7.85. The smallest absolute Gasteiger partial charge is 0.347 e. The van der Waals surface area contributed by atoms with Crippen molar-refractivity contribution in [3.05, 3.63) is 28.8 Å². The third-order valence-corrected chi connectivity index (χ3v) is 3.94. The van der Waals surface area contributed by atoms with Crippen molar-refractivity contribution < 1.29 is 23.8 Å². The van der Waals surface area contributed by atoms with Crippen LogP contribution in [-0.4, -0.2) is 55.3 Å². The number of carbonyl (C=O) groups excluding carboxylic acids is 2. The zero-order chi connectivity index (χ0) is 17.7. The second kappa shape index (κ2) is 8.35. The average Bonchev–Trinajstić information content (AvgIpc) is 2.54. The largest absolute Gasteiger partial charge is 0.479 e. The minimum atomic E-state index is -0.818. The van der Waals surface area contributed by atoms with Gasteiger partial charge in [-0.15, -0.1) is 0 Å². The lowest BCUT2D eigenvalue weighted by Gasteiger charge is -2.31. The Morgan fingerprint density at radius 1 is 1.46 bits per heavy atom. The lowest BCUT2D eigenvalue weighted by molar-refractivity contribution is -0.159. The van der Waals surface area contributed by atoms with Crippen molar-refractivity contribution in [2.75, 3.05) is 26.3 Å². The van der Waals surface area contributed by atoms with Crippen molar-refractivity contribution in [1.82, 2.24) is 4.90 Å². The van der Waals surface area contributed by atoms with Crippen LogP contribution in [0.5, 0.6) is 5.75 Å². The van der Waals surface area contributed by atoms with E-state index in [1.54, 1.807) is 30.0 Å². The molecule has 0 spiro atoms. The van der Waals surface area contributed by atoms with E-state index in [1.807, 2.05) is 13.8 Å². The molecule has 1 aromatic carbocycles. The van der Waals surface area contributed by atoms with Gasteiger partial charge < -0.3 is 19.1 Å². The van der Waals surface area contributed by atoms with E-state index in [0.29, 0.717) is 30.5 Å². The van der Waals surface area contributed by atoms with Crippen LogP contribution >= 0.6 is 11.6 Å². The summed E-state index contributed by atoms with van der Waals surface area (Å²) in [5.74, 6) is -0.260. The Kier molecular flexibility index (Phi) is 6.45. The molecule has 0 bridgehead atoms. The predicted molar refractivity (Wildman–Crippen MR) is 89.2 cm³/mol. The highest BCUT2D eigenvalue weighted by atomic mass is 35.5. The molecule has 2 unspecified atom stereocenters. The number of halogens is 1. The number of aryl methyl sites for hydroxylation is 1. The summed E-state index contributed by atoms with van der Waals surface area (Å²) in [7, 11) is 0. The Balaban J connectivity index is 1.82. The SMILES string of the molecule is Cc1cc(Cl)ccc1OC(C)C(=O)OCC(=O)N1CCOC(C)C1. The fraction of sp³-hybridized carbons (Fsp3) is 0.529. The molecule has 1 heterocycles. The molecular formula is C17H22ClNO5. The Morgan fingerprint density at radius 3 is 2.88 bits per heavy atom.